The Bertz CT molecular complexity index is 4190. The Labute approximate surface area is 379 Å². The predicted molar refractivity (Wildman–Crippen MR) is 276 cm³/mol. The number of benzene rings is 11. The van der Waals surface area contributed by atoms with Crippen LogP contribution in [-0.2, 0) is 0 Å². The predicted octanol–water partition coefficient (Wildman–Crippen LogP) is 17.7. The van der Waals surface area contributed by atoms with E-state index in [2.05, 4.69) is 228 Å². The highest BCUT2D eigenvalue weighted by Crippen LogP contribution is 2.50. The molecule has 3 heterocycles. The lowest BCUT2D eigenvalue weighted by atomic mass is 9.95. The summed E-state index contributed by atoms with van der Waals surface area (Å²) in [5.74, 6) is 0. The molecule has 0 bridgehead atoms. The maximum absolute atomic E-state index is 7.01. The molecule has 4 nitrogen and oxygen atoms in total. The Hall–Kier alpha value is -8.86. The molecule has 0 N–H and O–H groups in total. The summed E-state index contributed by atoms with van der Waals surface area (Å²) in [6.45, 7) is 0. The third-order valence-corrected chi connectivity index (χ3v) is 13.6. The minimum Gasteiger partial charge on any atom is -0.456 e. The number of furan rings is 2. The molecule has 14 aromatic rings. The highest BCUT2D eigenvalue weighted by atomic mass is 16.3. The van der Waals surface area contributed by atoms with Gasteiger partial charge in [0.1, 0.15) is 22.3 Å². The first-order chi connectivity index (χ1) is 32.7. The van der Waals surface area contributed by atoms with Crippen LogP contribution in [0.2, 0.25) is 0 Å². The summed E-state index contributed by atoms with van der Waals surface area (Å²) in [4.78, 5) is 2.45. The van der Waals surface area contributed by atoms with Gasteiger partial charge in [-0.2, -0.15) is 0 Å². The molecule has 0 aliphatic heterocycles. The third kappa shape index (κ3) is 5.45. The zero-order chi connectivity index (χ0) is 43.3. The van der Waals surface area contributed by atoms with Crippen molar-refractivity contribution >= 4 is 104 Å². The van der Waals surface area contributed by atoms with E-state index in [-0.39, 0.29) is 0 Å². The summed E-state index contributed by atoms with van der Waals surface area (Å²) in [6, 6.07) is 82.8. The number of fused-ring (bicyclic) bond motifs is 12. The van der Waals surface area contributed by atoms with Crippen molar-refractivity contribution in [2.24, 2.45) is 0 Å². The lowest BCUT2D eigenvalue weighted by molar-refractivity contribution is 0.669. The number of para-hydroxylation sites is 4. The molecular formula is C62H38N2O2. The zero-order valence-electron chi connectivity index (χ0n) is 35.7. The SMILES string of the molecule is c1cc(-c2cccc3oc4ccccc4c23)cc(N(c2ccc3c(oc4ccccc43)c2-c2ccc(-n3c4ccccc4c4ccccc43)cc2)c2cc3ccccc3c3ccccc23)c1. The number of hydrogen-bond donors (Lipinski definition) is 0. The average molecular weight is 843 g/mol. The van der Waals surface area contributed by atoms with Crippen molar-refractivity contribution in [1.29, 1.82) is 0 Å². The van der Waals surface area contributed by atoms with Crippen molar-refractivity contribution in [3.05, 3.63) is 231 Å². The van der Waals surface area contributed by atoms with Crippen molar-refractivity contribution < 1.29 is 8.83 Å². The van der Waals surface area contributed by atoms with E-state index in [0.717, 1.165) is 94.3 Å². The lowest BCUT2D eigenvalue weighted by Crippen LogP contribution is -2.12. The molecule has 308 valence electrons. The van der Waals surface area contributed by atoms with Crippen LogP contribution in [0.4, 0.5) is 17.1 Å². The lowest BCUT2D eigenvalue weighted by Gasteiger charge is -2.30. The molecule has 4 heteroatoms. The molecule has 0 amide bonds. The van der Waals surface area contributed by atoms with Crippen molar-refractivity contribution in [3.8, 4) is 27.9 Å². The van der Waals surface area contributed by atoms with Gasteiger partial charge in [0.25, 0.3) is 0 Å². The summed E-state index contributed by atoms with van der Waals surface area (Å²) in [5, 5.41) is 11.6. The standard InChI is InChI=1S/C62H38N2O2/c1-2-18-44-41(15-1)38-56(47-20-4-3-19-46(44)47)64(43-17-13-16-40(37-43)45-25-14-30-59-61(45)52-24-8-12-29-58(52)65-59)55-36-35-51-50-23-7-11-28-57(50)66-62(51)60(55)39-31-33-42(34-32-39)63-53-26-9-5-21-48(53)49-22-6-10-27-54(49)63/h1-38H. The van der Waals surface area contributed by atoms with E-state index in [0.29, 0.717) is 0 Å². The van der Waals surface area contributed by atoms with Crippen LogP contribution in [0.15, 0.2) is 239 Å². The molecule has 0 radical (unpaired) electrons. The number of rotatable bonds is 6. The topological polar surface area (TPSA) is 34.5 Å². The van der Waals surface area contributed by atoms with Crippen LogP contribution in [0.5, 0.6) is 0 Å². The third-order valence-electron chi connectivity index (χ3n) is 13.6. The number of anilines is 3. The van der Waals surface area contributed by atoms with Gasteiger partial charge >= 0.3 is 0 Å². The van der Waals surface area contributed by atoms with Gasteiger partial charge in [-0.15, -0.1) is 0 Å². The van der Waals surface area contributed by atoms with E-state index in [1.54, 1.807) is 0 Å². The van der Waals surface area contributed by atoms with E-state index in [1.165, 1.54) is 38.0 Å². The first kappa shape index (κ1) is 36.6. The zero-order valence-corrected chi connectivity index (χ0v) is 35.7. The molecule has 66 heavy (non-hydrogen) atoms. The molecule has 0 spiro atoms. The summed E-state index contributed by atoms with van der Waals surface area (Å²) in [7, 11) is 0. The number of nitrogens with zero attached hydrogens (tertiary/aromatic N) is 2. The van der Waals surface area contributed by atoms with Crippen LogP contribution in [-0.4, -0.2) is 4.57 Å². The minimum atomic E-state index is 0.846. The van der Waals surface area contributed by atoms with Gasteiger partial charge in [-0.3, -0.25) is 0 Å². The van der Waals surface area contributed by atoms with Crippen LogP contribution in [0, 0.1) is 0 Å². The van der Waals surface area contributed by atoms with Crippen LogP contribution < -0.4 is 4.90 Å². The van der Waals surface area contributed by atoms with Crippen molar-refractivity contribution in [1.82, 2.24) is 4.57 Å². The Morgan fingerprint density at radius 2 is 0.955 bits per heavy atom. The van der Waals surface area contributed by atoms with E-state index in [4.69, 9.17) is 8.83 Å². The Balaban J connectivity index is 1.05. The Kier molecular flexibility index (Phi) is 7.95. The van der Waals surface area contributed by atoms with Gasteiger partial charge in [-0.05, 0) is 106 Å². The first-order valence-corrected chi connectivity index (χ1v) is 22.5. The van der Waals surface area contributed by atoms with Crippen molar-refractivity contribution in [2.45, 2.75) is 0 Å². The van der Waals surface area contributed by atoms with E-state index in [9.17, 15) is 0 Å². The number of hydrogen-bond acceptors (Lipinski definition) is 3. The number of aromatic nitrogens is 1. The van der Waals surface area contributed by atoms with Crippen LogP contribution in [0.25, 0.3) is 115 Å². The summed E-state index contributed by atoms with van der Waals surface area (Å²) in [5.41, 5.74) is 14.3. The maximum Gasteiger partial charge on any atom is 0.145 e. The van der Waals surface area contributed by atoms with Crippen LogP contribution in [0.1, 0.15) is 0 Å². The molecule has 0 saturated carbocycles. The quantitative estimate of drug-likeness (QED) is 0.156. The van der Waals surface area contributed by atoms with Gasteiger partial charge in [0, 0.05) is 54.6 Å². The fourth-order valence-electron chi connectivity index (χ4n) is 10.7. The molecule has 11 aromatic carbocycles. The van der Waals surface area contributed by atoms with E-state index >= 15 is 0 Å². The molecule has 0 aliphatic rings. The smallest absolute Gasteiger partial charge is 0.145 e. The van der Waals surface area contributed by atoms with Gasteiger partial charge in [-0.25, -0.2) is 0 Å². The Morgan fingerprint density at radius 1 is 0.348 bits per heavy atom. The summed E-state index contributed by atoms with van der Waals surface area (Å²) in [6.07, 6.45) is 0. The molecular weight excluding hydrogens is 805 g/mol. The largest absolute Gasteiger partial charge is 0.456 e. The van der Waals surface area contributed by atoms with Gasteiger partial charge < -0.3 is 18.3 Å². The van der Waals surface area contributed by atoms with Crippen LogP contribution in [0.3, 0.4) is 0 Å². The van der Waals surface area contributed by atoms with E-state index in [1.807, 2.05) is 12.1 Å². The summed E-state index contributed by atoms with van der Waals surface area (Å²) >= 11 is 0. The average Bonchev–Trinajstić information content (AvgIpc) is 4.06. The summed E-state index contributed by atoms with van der Waals surface area (Å²) < 4.78 is 15.8. The van der Waals surface area contributed by atoms with Crippen LogP contribution >= 0.6 is 0 Å². The fraction of sp³-hybridized carbons (Fsp3) is 0. The second kappa shape index (κ2) is 14.3. The molecule has 3 aromatic heterocycles. The van der Waals surface area contributed by atoms with Crippen molar-refractivity contribution in [2.75, 3.05) is 4.90 Å². The highest BCUT2D eigenvalue weighted by molar-refractivity contribution is 6.18. The fourth-order valence-corrected chi connectivity index (χ4v) is 10.7. The Morgan fingerprint density at radius 3 is 1.73 bits per heavy atom. The van der Waals surface area contributed by atoms with Gasteiger partial charge in [0.15, 0.2) is 0 Å². The monoisotopic (exact) mass is 842 g/mol. The normalized spacial score (nSPS) is 11.9. The van der Waals surface area contributed by atoms with Crippen molar-refractivity contribution in [3.63, 3.8) is 0 Å². The van der Waals surface area contributed by atoms with Gasteiger partial charge in [0.2, 0.25) is 0 Å². The maximum atomic E-state index is 7.01. The molecule has 0 fully saturated rings. The highest BCUT2D eigenvalue weighted by Gasteiger charge is 2.26. The van der Waals surface area contributed by atoms with Gasteiger partial charge in [0.05, 0.1) is 22.4 Å². The molecule has 0 atom stereocenters. The molecule has 0 aliphatic carbocycles. The first-order valence-electron chi connectivity index (χ1n) is 22.5. The molecule has 14 rings (SSSR count). The second-order valence-corrected chi connectivity index (χ2v) is 17.2. The minimum absolute atomic E-state index is 0.846. The second-order valence-electron chi connectivity index (χ2n) is 17.2. The van der Waals surface area contributed by atoms with Gasteiger partial charge in [-0.1, -0.05) is 158 Å². The molecule has 0 unspecified atom stereocenters. The molecule has 0 saturated heterocycles. The van der Waals surface area contributed by atoms with E-state index < -0.39 is 0 Å².